The van der Waals surface area contributed by atoms with Crippen LogP contribution in [0.25, 0.3) is 0 Å². The van der Waals surface area contributed by atoms with Gasteiger partial charge in [0.05, 0.1) is 11.2 Å². The number of amides is 1. The third-order valence-corrected chi connectivity index (χ3v) is 5.62. The van der Waals surface area contributed by atoms with E-state index in [1.54, 1.807) is 0 Å². The van der Waals surface area contributed by atoms with Crippen molar-refractivity contribution in [2.75, 3.05) is 26.3 Å². The maximum Gasteiger partial charge on any atom is 0.257 e. The summed E-state index contributed by atoms with van der Waals surface area (Å²) in [5.41, 5.74) is -0.0340. The molecule has 0 radical (unpaired) electrons. The molecular formula is C18H27NO4. The van der Waals surface area contributed by atoms with E-state index in [-0.39, 0.29) is 17.7 Å². The number of furan rings is 1. The zero-order valence-electron chi connectivity index (χ0n) is 14.3. The van der Waals surface area contributed by atoms with E-state index in [0.29, 0.717) is 30.8 Å². The number of rotatable bonds is 2. The van der Waals surface area contributed by atoms with Crippen LogP contribution in [0.2, 0.25) is 0 Å². The van der Waals surface area contributed by atoms with Gasteiger partial charge in [-0.3, -0.25) is 4.79 Å². The fraction of sp³-hybridized carbons (Fsp3) is 0.722. The summed E-state index contributed by atoms with van der Waals surface area (Å²) in [6.07, 6.45) is 2.46. The molecular weight excluding hydrogens is 294 g/mol. The molecule has 5 heteroatoms. The summed E-state index contributed by atoms with van der Waals surface area (Å²) in [4.78, 5) is 14.6. The molecule has 2 fully saturated rings. The number of aliphatic hydroxyl groups is 1. The van der Waals surface area contributed by atoms with Crippen molar-refractivity contribution < 1.29 is 19.1 Å². The highest BCUT2D eigenvalue weighted by atomic mass is 16.5. The third kappa shape index (κ3) is 3.04. The van der Waals surface area contributed by atoms with Crippen LogP contribution in [0.5, 0.6) is 0 Å². The van der Waals surface area contributed by atoms with Crippen molar-refractivity contribution >= 4 is 5.91 Å². The van der Waals surface area contributed by atoms with Crippen LogP contribution in [-0.2, 0) is 4.74 Å². The second-order valence-corrected chi connectivity index (χ2v) is 7.11. The number of ether oxygens (including phenoxy) is 1. The Kier molecular flexibility index (Phi) is 4.52. The Morgan fingerprint density at radius 1 is 1.35 bits per heavy atom. The Bertz CT molecular complexity index is 576. The Hall–Kier alpha value is -1.33. The number of piperidine rings is 1. The van der Waals surface area contributed by atoms with Crippen LogP contribution in [0.1, 0.15) is 48.1 Å². The molecule has 2 atom stereocenters. The Balaban J connectivity index is 1.70. The van der Waals surface area contributed by atoms with Gasteiger partial charge < -0.3 is 19.2 Å². The molecule has 0 saturated carbocycles. The summed E-state index contributed by atoms with van der Waals surface area (Å²) < 4.78 is 10.9. The Morgan fingerprint density at radius 2 is 2.04 bits per heavy atom. The summed E-state index contributed by atoms with van der Waals surface area (Å²) in [6, 6.07) is 1.81. The number of carbonyl (C=O) groups excluding carboxylic acids is 1. The zero-order chi connectivity index (χ0) is 16.6. The van der Waals surface area contributed by atoms with Crippen LogP contribution in [0.15, 0.2) is 10.5 Å². The number of hydrogen-bond donors (Lipinski definition) is 1. The van der Waals surface area contributed by atoms with E-state index >= 15 is 0 Å². The van der Waals surface area contributed by atoms with Gasteiger partial charge >= 0.3 is 0 Å². The maximum atomic E-state index is 12.7. The van der Waals surface area contributed by atoms with Crippen molar-refractivity contribution in [2.45, 2.75) is 45.6 Å². The number of hydrogen-bond acceptors (Lipinski definition) is 4. The van der Waals surface area contributed by atoms with E-state index in [0.717, 1.165) is 31.8 Å². The smallest absolute Gasteiger partial charge is 0.257 e. The predicted molar refractivity (Wildman–Crippen MR) is 86.4 cm³/mol. The zero-order valence-corrected chi connectivity index (χ0v) is 14.3. The van der Waals surface area contributed by atoms with Crippen LogP contribution >= 0.6 is 0 Å². The van der Waals surface area contributed by atoms with Gasteiger partial charge in [-0.1, -0.05) is 6.92 Å². The van der Waals surface area contributed by atoms with Crippen LogP contribution < -0.4 is 0 Å². The lowest BCUT2D eigenvalue weighted by molar-refractivity contribution is -0.125. The van der Waals surface area contributed by atoms with Crippen molar-refractivity contribution in [3.8, 4) is 0 Å². The number of carbonyl (C=O) groups is 1. The van der Waals surface area contributed by atoms with Gasteiger partial charge in [-0.2, -0.15) is 0 Å². The summed E-state index contributed by atoms with van der Waals surface area (Å²) in [5.74, 6) is 1.79. The molecule has 1 amide bonds. The first-order chi connectivity index (χ1) is 10.9. The molecule has 0 spiro atoms. The first kappa shape index (κ1) is 16.5. The molecule has 2 saturated heterocycles. The van der Waals surface area contributed by atoms with Gasteiger partial charge in [-0.15, -0.1) is 0 Å². The van der Waals surface area contributed by atoms with E-state index < -0.39 is 5.60 Å². The van der Waals surface area contributed by atoms with Gasteiger partial charge in [-0.05, 0) is 45.1 Å². The molecule has 23 heavy (non-hydrogen) atoms. The minimum absolute atomic E-state index is 0.0141. The number of nitrogens with zero attached hydrogens (tertiary/aromatic N) is 1. The predicted octanol–water partition coefficient (Wildman–Crippen LogP) is 2.54. The van der Waals surface area contributed by atoms with Gasteiger partial charge in [0.15, 0.2) is 0 Å². The lowest BCUT2D eigenvalue weighted by Gasteiger charge is -2.48. The molecule has 3 rings (SSSR count). The molecule has 1 N–H and O–H groups in total. The SMILES string of the molecule is Cc1cc(C(=O)N2CC[C@@](O)(C3CCOCC3)[C@H](C)C2)c(C)o1. The fourth-order valence-corrected chi connectivity index (χ4v) is 4.14. The molecule has 128 valence electrons. The molecule has 3 heterocycles. The lowest BCUT2D eigenvalue weighted by Crippen LogP contribution is -2.56. The van der Waals surface area contributed by atoms with Crippen molar-refractivity contribution in [1.82, 2.24) is 4.90 Å². The Morgan fingerprint density at radius 3 is 2.61 bits per heavy atom. The van der Waals surface area contributed by atoms with Crippen LogP contribution in [0.3, 0.4) is 0 Å². The second-order valence-electron chi connectivity index (χ2n) is 7.11. The summed E-state index contributed by atoms with van der Waals surface area (Å²) in [7, 11) is 0. The highest BCUT2D eigenvalue weighted by Gasteiger charge is 2.46. The highest BCUT2D eigenvalue weighted by molar-refractivity contribution is 5.95. The molecule has 2 aliphatic rings. The molecule has 1 aromatic rings. The molecule has 0 bridgehead atoms. The molecule has 5 nitrogen and oxygen atoms in total. The molecule has 0 aliphatic carbocycles. The number of aryl methyl sites for hydroxylation is 2. The third-order valence-electron chi connectivity index (χ3n) is 5.62. The summed E-state index contributed by atoms with van der Waals surface area (Å²) in [6.45, 7) is 8.39. The average Bonchev–Trinajstić information content (AvgIpc) is 2.89. The normalized spacial score (nSPS) is 29.7. The monoisotopic (exact) mass is 321 g/mol. The molecule has 1 aromatic heterocycles. The largest absolute Gasteiger partial charge is 0.466 e. The molecule has 0 aromatic carbocycles. The van der Waals surface area contributed by atoms with Crippen molar-refractivity contribution in [3.05, 3.63) is 23.2 Å². The van der Waals surface area contributed by atoms with E-state index in [1.165, 1.54) is 0 Å². The van der Waals surface area contributed by atoms with Gasteiger partial charge in [0, 0.05) is 32.2 Å². The quantitative estimate of drug-likeness (QED) is 0.909. The minimum atomic E-state index is -0.679. The van der Waals surface area contributed by atoms with E-state index in [9.17, 15) is 9.90 Å². The van der Waals surface area contributed by atoms with Gasteiger partial charge in [-0.25, -0.2) is 0 Å². The Labute approximate surface area is 137 Å². The topological polar surface area (TPSA) is 62.9 Å². The van der Waals surface area contributed by atoms with Crippen LogP contribution in [-0.4, -0.2) is 47.8 Å². The first-order valence-electron chi connectivity index (χ1n) is 8.58. The van der Waals surface area contributed by atoms with Crippen molar-refractivity contribution in [3.63, 3.8) is 0 Å². The molecule has 0 unspecified atom stereocenters. The minimum Gasteiger partial charge on any atom is -0.466 e. The van der Waals surface area contributed by atoms with Gasteiger partial charge in [0.25, 0.3) is 5.91 Å². The van der Waals surface area contributed by atoms with Gasteiger partial charge in [0.1, 0.15) is 11.5 Å². The molecule has 2 aliphatic heterocycles. The van der Waals surface area contributed by atoms with E-state index in [1.807, 2.05) is 24.8 Å². The average molecular weight is 321 g/mol. The van der Waals surface area contributed by atoms with Crippen molar-refractivity contribution in [1.29, 1.82) is 0 Å². The van der Waals surface area contributed by atoms with Gasteiger partial charge in [0.2, 0.25) is 0 Å². The standard InChI is InChI=1S/C18H27NO4/c1-12-11-19(17(20)16-10-13(2)23-14(16)3)7-6-18(12,21)15-4-8-22-9-5-15/h10,12,15,21H,4-9,11H2,1-3H3/t12-,18+/m1/s1. The van der Waals surface area contributed by atoms with E-state index in [4.69, 9.17) is 9.15 Å². The summed E-state index contributed by atoms with van der Waals surface area (Å²) in [5, 5.41) is 11.2. The van der Waals surface area contributed by atoms with Crippen LogP contribution in [0, 0.1) is 25.7 Å². The fourth-order valence-electron chi connectivity index (χ4n) is 4.14. The maximum absolute atomic E-state index is 12.7. The first-order valence-corrected chi connectivity index (χ1v) is 8.58. The van der Waals surface area contributed by atoms with E-state index in [2.05, 4.69) is 6.92 Å². The second kappa shape index (κ2) is 6.29. The van der Waals surface area contributed by atoms with Crippen molar-refractivity contribution in [2.24, 2.45) is 11.8 Å². The summed E-state index contributed by atoms with van der Waals surface area (Å²) >= 11 is 0. The van der Waals surface area contributed by atoms with Crippen LogP contribution in [0.4, 0.5) is 0 Å². The lowest BCUT2D eigenvalue weighted by atomic mass is 9.70. The highest BCUT2D eigenvalue weighted by Crippen LogP contribution is 2.39. The number of likely N-dealkylation sites (tertiary alicyclic amines) is 1.